The molecule has 28 heavy (non-hydrogen) atoms. The zero-order valence-electron chi connectivity index (χ0n) is 15.5. The molecule has 0 unspecified atom stereocenters. The third kappa shape index (κ3) is 4.73. The highest BCUT2D eigenvalue weighted by molar-refractivity contribution is 5.92. The molecule has 0 aliphatic carbocycles. The van der Waals surface area contributed by atoms with Gasteiger partial charge in [0.15, 0.2) is 0 Å². The molecule has 0 atom stereocenters. The Morgan fingerprint density at radius 2 is 1.64 bits per heavy atom. The van der Waals surface area contributed by atoms with Gasteiger partial charge in [0, 0.05) is 23.2 Å². The van der Waals surface area contributed by atoms with Crippen LogP contribution in [-0.2, 0) is 14.3 Å². The SMILES string of the molecule is COC(=O)CCC(=O)Nc1ccc(-c2nc(-c3ccc(OC)cc3)no2)cc1. The standard InChI is InChI=1S/C20H19N3O5/c1-26-16-9-5-13(6-10-16)19-22-20(28-23-19)14-3-7-15(8-4-14)21-17(24)11-12-18(25)27-2/h3-10H,11-12H2,1-2H3,(H,21,24). The number of rotatable bonds is 7. The van der Waals surface area contributed by atoms with Crippen LogP contribution in [-0.4, -0.2) is 36.2 Å². The molecule has 0 fully saturated rings. The van der Waals surface area contributed by atoms with Crippen molar-refractivity contribution in [3.8, 4) is 28.6 Å². The maximum absolute atomic E-state index is 11.8. The Labute approximate surface area is 161 Å². The number of esters is 1. The fraction of sp³-hybridized carbons (Fsp3) is 0.200. The summed E-state index contributed by atoms with van der Waals surface area (Å²) in [5.74, 6) is 0.899. The maximum Gasteiger partial charge on any atom is 0.306 e. The van der Waals surface area contributed by atoms with Crippen LogP contribution in [0.1, 0.15) is 12.8 Å². The van der Waals surface area contributed by atoms with Gasteiger partial charge in [0.25, 0.3) is 5.89 Å². The highest BCUT2D eigenvalue weighted by Gasteiger charge is 2.12. The van der Waals surface area contributed by atoms with Crippen molar-refractivity contribution < 1.29 is 23.6 Å². The monoisotopic (exact) mass is 381 g/mol. The second kappa shape index (κ2) is 8.81. The van der Waals surface area contributed by atoms with Crippen LogP contribution < -0.4 is 10.1 Å². The average molecular weight is 381 g/mol. The predicted molar refractivity (Wildman–Crippen MR) is 102 cm³/mol. The summed E-state index contributed by atoms with van der Waals surface area (Å²) in [7, 11) is 2.89. The van der Waals surface area contributed by atoms with Crippen LogP contribution in [0.4, 0.5) is 5.69 Å². The molecular formula is C20H19N3O5. The van der Waals surface area contributed by atoms with Crippen LogP contribution in [0.25, 0.3) is 22.8 Å². The predicted octanol–water partition coefficient (Wildman–Crippen LogP) is 3.30. The van der Waals surface area contributed by atoms with Gasteiger partial charge in [-0.25, -0.2) is 0 Å². The molecule has 0 saturated carbocycles. The number of hydrogen-bond acceptors (Lipinski definition) is 7. The van der Waals surface area contributed by atoms with Gasteiger partial charge in [-0.1, -0.05) is 5.16 Å². The molecule has 1 N–H and O–H groups in total. The van der Waals surface area contributed by atoms with Crippen molar-refractivity contribution in [2.24, 2.45) is 0 Å². The summed E-state index contributed by atoms with van der Waals surface area (Å²) in [5.41, 5.74) is 2.14. The number of aromatic nitrogens is 2. The van der Waals surface area contributed by atoms with Crippen LogP contribution >= 0.6 is 0 Å². The summed E-state index contributed by atoms with van der Waals surface area (Å²) in [6.07, 6.45) is 0.0971. The number of nitrogens with one attached hydrogen (secondary N) is 1. The van der Waals surface area contributed by atoms with Crippen molar-refractivity contribution in [1.29, 1.82) is 0 Å². The number of hydrogen-bond donors (Lipinski definition) is 1. The van der Waals surface area contributed by atoms with Crippen molar-refractivity contribution >= 4 is 17.6 Å². The number of amides is 1. The molecule has 1 heterocycles. The molecule has 1 amide bonds. The van der Waals surface area contributed by atoms with Crippen LogP contribution in [0, 0.1) is 0 Å². The molecular weight excluding hydrogens is 362 g/mol. The van der Waals surface area contributed by atoms with Crippen molar-refractivity contribution in [2.45, 2.75) is 12.8 Å². The van der Waals surface area contributed by atoms with E-state index < -0.39 is 5.97 Å². The second-order valence-corrected chi connectivity index (χ2v) is 5.85. The second-order valence-electron chi connectivity index (χ2n) is 5.85. The van der Waals surface area contributed by atoms with Gasteiger partial charge in [-0.15, -0.1) is 0 Å². The molecule has 0 radical (unpaired) electrons. The fourth-order valence-corrected chi connectivity index (χ4v) is 2.44. The van der Waals surface area contributed by atoms with Gasteiger partial charge in [-0.05, 0) is 48.5 Å². The third-order valence-electron chi connectivity index (χ3n) is 3.97. The molecule has 8 nitrogen and oxygen atoms in total. The lowest BCUT2D eigenvalue weighted by atomic mass is 10.2. The van der Waals surface area contributed by atoms with E-state index in [-0.39, 0.29) is 18.7 Å². The van der Waals surface area contributed by atoms with Crippen molar-refractivity contribution in [3.63, 3.8) is 0 Å². The number of methoxy groups -OCH3 is 2. The van der Waals surface area contributed by atoms with Crippen LogP contribution in [0.5, 0.6) is 5.75 Å². The van der Waals surface area contributed by atoms with E-state index in [0.29, 0.717) is 17.4 Å². The Morgan fingerprint density at radius 1 is 0.964 bits per heavy atom. The van der Waals surface area contributed by atoms with E-state index in [1.165, 1.54) is 7.11 Å². The number of benzene rings is 2. The summed E-state index contributed by atoms with van der Waals surface area (Å²) < 4.78 is 15.0. The Hall–Kier alpha value is -3.68. The first-order valence-electron chi connectivity index (χ1n) is 8.54. The molecule has 8 heteroatoms. The van der Waals surface area contributed by atoms with Crippen molar-refractivity contribution in [3.05, 3.63) is 48.5 Å². The number of ether oxygens (including phenoxy) is 2. The largest absolute Gasteiger partial charge is 0.497 e. The van der Waals surface area contributed by atoms with E-state index in [2.05, 4.69) is 20.2 Å². The van der Waals surface area contributed by atoms with E-state index in [1.54, 1.807) is 31.4 Å². The summed E-state index contributed by atoms with van der Waals surface area (Å²) >= 11 is 0. The van der Waals surface area contributed by atoms with Gasteiger partial charge >= 0.3 is 5.97 Å². The van der Waals surface area contributed by atoms with Gasteiger partial charge < -0.3 is 19.3 Å². The van der Waals surface area contributed by atoms with Crippen LogP contribution in [0.2, 0.25) is 0 Å². The summed E-state index contributed by atoms with van der Waals surface area (Å²) in [6, 6.07) is 14.3. The lowest BCUT2D eigenvalue weighted by Crippen LogP contribution is -2.13. The first-order valence-corrected chi connectivity index (χ1v) is 8.54. The molecule has 3 rings (SSSR count). The minimum atomic E-state index is -0.422. The Morgan fingerprint density at radius 3 is 2.29 bits per heavy atom. The summed E-state index contributed by atoms with van der Waals surface area (Å²) in [4.78, 5) is 27.3. The molecule has 0 spiro atoms. The molecule has 0 saturated heterocycles. The van der Waals surface area contributed by atoms with Gasteiger partial charge in [0.1, 0.15) is 5.75 Å². The molecule has 144 valence electrons. The van der Waals surface area contributed by atoms with Gasteiger partial charge in [-0.2, -0.15) is 4.98 Å². The number of carbonyl (C=O) groups is 2. The molecule has 0 bridgehead atoms. The zero-order valence-corrected chi connectivity index (χ0v) is 15.5. The van der Waals surface area contributed by atoms with E-state index in [0.717, 1.165) is 16.9 Å². The lowest BCUT2D eigenvalue weighted by Gasteiger charge is -2.05. The van der Waals surface area contributed by atoms with E-state index >= 15 is 0 Å². The lowest BCUT2D eigenvalue weighted by molar-refractivity contribution is -0.141. The van der Waals surface area contributed by atoms with Gasteiger partial charge in [-0.3, -0.25) is 9.59 Å². The molecule has 2 aromatic carbocycles. The highest BCUT2D eigenvalue weighted by atomic mass is 16.5. The molecule has 3 aromatic rings. The Bertz CT molecular complexity index is 949. The molecule has 0 aliphatic heterocycles. The quantitative estimate of drug-likeness (QED) is 0.626. The Kier molecular flexibility index (Phi) is 6.01. The van der Waals surface area contributed by atoms with E-state index in [9.17, 15) is 9.59 Å². The van der Waals surface area contributed by atoms with Gasteiger partial charge in [0.05, 0.1) is 20.6 Å². The number of carbonyl (C=O) groups excluding carboxylic acids is 2. The van der Waals surface area contributed by atoms with E-state index in [4.69, 9.17) is 9.26 Å². The first-order chi connectivity index (χ1) is 13.6. The minimum absolute atomic E-state index is 0.0382. The highest BCUT2D eigenvalue weighted by Crippen LogP contribution is 2.24. The van der Waals surface area contributed by atoms with Crippen molar-refractivity contribution in [2.75, 3.05) is 19.5 Å². The summed E-state index contributed by atoms with van der Waals surface area (Å²) in [6.45, 7) is 0. The normalized spacial score (nSPS) is 10.4. The fourth-order valence-electron chi connectivity index (χ4n) is 2.44. The first kappa shape index (κ1) is 19.1. The average Bonchev–Trinajstić information content (AvgIpc) is 3.23. The number of nitrogens with zero attached hydrogens (tertiary/aromatic N) is 2. The maximum atomic E-state index is 11.8. The topological polar surface area (TPSA) is 104 Å². The van der Waals surface area contributed by atoms with Crippen LogP contribution in [0.15, 0.2) is 53.1 Å². The molecule has 1 aromatic heterocycles. The molecule has 0 aliphatic rings. The zero-order chi connectivity index (χ0) is 19.9. The minimum Gasteiger partial charge on any atom is -0.497 e. The van der Waals surface area contributed by atoms with E-state index in [1.807, 2.05) is 24.3 Å². The van der Waals surface area contributed by atoms with Gasteiger partial charge in [0.2, 0.25) is 11.7 Å². The summed E-state index contributed by atoms with van der Waals surface area (Å²) in [5, 5.41) is 6.71. The smallest absolute Gasteiger partial charge is 0.306 e. The number of anilines is 1. The van der Waals surface area contributed by atoms with Crippen LogP contribution in [0.3, 0.4) is 0 Å². The van der Waals surface area contributed by atoms with Crippen molar-refractivity contribution in [1.82, 2.24) is 10.1 Å². The third-order valence-corrected chi connectivity index (χ3v) is 3.97. The Balaban J connectivity index is 1.64.